The van der Waals surface area contributed by atoms with Crippen LogP contribution in [0.5, 0.6) is 0 Å². The molecule has 0 aromatic carbocycles. The number of aryl methyl sites for hydroxylation is 1. The van der Waals surface area contributed by atoms with Crippen LogP contribution in [-0.4, -0.2) is 18.2 Å². The normalized spacial score (nSPS) is 10.5. The number of aromatic nitrogens is 1. The van der Waals surface area contributed by atoms with E-state index in [1.54, 1.807) is 0 Å². The summed E-state index contributed by atoms with van der Waals surface area (Å²) in [5.41, 5.74) is 1.21. The fourth-order valence-electron chi connectivity index (χ4n) is 1.55. The van der Waals surface area contributed by atoms with Crippen molar-refractivity contribution in [1.82, 2.24) is 4.98 Å². The Labute approximate surface area is 92.7 Å². The molecule has 2 heteroatoms. The SMILES string of the molecule is CCOCCCCCCc1ccccn1. The van der Waals surface area contributed by atoms with E-state index in [0.717, 1.165) is 19.6 Å². The zero-order valence-corrected chi connectivity index (χ0v) is 9.61. The third-order valence-corrected chi connectivity index (χ3v) is 2.40. The number of ether oxygens (including phenoxy) is 1. The summed E-state index contributed by atoms with van der Waals surface area (Å²) >= 11 is 0. The zero-order valence-electron chi connectivity index (χ0n) is 9.61. The van der Waals surface area contributed by atoms with Gasteiger partial charge in [0.1, 0.15) is 0 Å². The van der Waals surface area contributed by atoms with Crippen molar-refractivity contribution in [1.29, 1.82) is 0 Å². The summed E-state index contributed by atoms with van der Waals surface area (Å²) in [7, 11) is 0. The highest BCUT2D eigenvalue weighted by Gasteiger charge is 1.93. The van der Waals surface area contributed by atoms with Gasteiger partial charge in [0.05, 0.1) is 0 Å². The highest BCUT2D eigenvalue weighted by Crippen LogP contribution is 2.05. The van der Waals surface area contributed by atoms with Gasteiger partial charge in [-0.1, -0.05) is 18.9 Å². The minimum atomic E-state index is 0.841. The molecular formula is C13H21NO. The van der Waals surface area contributed by atoms with E-state index in [1.807, 2.05) is 19.2 Å². The summed E-state index contributed by atoms with van der Waals surface area (Å²) in [4.78, 5) is 4.30. The first-order valence-corrected chi connectivity index (χ1v) is 5.91. The van der Waals surface area contributed by atoms with Gasteiger partial charge in [-0.05, 0) is 38.3 Å². The lowest BCUT2D eigenvalue weighted by atomic mass is 10.1. The molecule has 0 aliphatic carbocycles. The van der Waals surface area contributed by atoms with E-state index in [1.165, 1.54) is 31.4 Å². The molecular weight excluding hydrogens is 186 g/mol. The van der Waals surface area contributed by atoms with E-state index in [2.05, 4.69) is 17.1 Å². The van der Waals surface area contributed by atoms with Crippen LogP contribution >= 0.6 is 0 Å². The highest BCUT2D eigenvalue weighted by atomic mass is 16.5. The van der Waals surface area contributed by atoms with Gasteiger partial charge in [0.15, 0.2) is 0 Å². The Morgan fingerprint density at radius 2 is 2.00 bits per heavy atom. The monoisotopic (exact) mass is 207 g/mol. The van der Waals surface area contributed by atoms with Crippen LogP contribution < -0.4 is 0 Å². The van der Waals surface area contributed by atoms with E-state index in [0.29, 0.717) is 0 Å². The summed E-state index contributed by atoms with van der Waals surface area (Å²) in [6.45, 7) is 3.80. The maximum atomic E-state index is 5.29. The van der Waals surface area contributed by atoms with Gasteiger partial charge in [-0.2, -0.15) is 0 Å². The molecule has 0 aliphatic rings. The van der Waals surface area contributed by atoms with Crippen LogP contribution in [0.4, 0.5) is 0 Å². The maximum absolute atomic E-state index is 5.29. The average Bonchev–Trinajstić information content (AvgIpc) is 2.29. The van der Waals surface area contributed by atoms with Gasteiger partial charge in [-0.25, -0.2) is 0 Å². The van der Waals surface area contributed by atoms with Crippen LogP contribution in [0.1, 0.15) is 38.3 Å². The fourth-order valence-corrected chi connectivity index (χ4v) is 1.55. The van der Waals surface area contributed by atoms with Gasteiger partial charge < -0.3 is 4.74 Å². The molecule has 0 spiro atoms. The Balaban J connectivity index is 1.93. The minimum Gasteiger partial charge on any atom is -0.382 e. The largest absolute Gasteiger partial charge is 0.382 e. The number of unbranched alkanes of at least 4 members (excludes halogenated alkanes) is 3. The van der Waals surface area contributed by atoms with Gasteiger partial charge in [0, 0.05) is 25.1 Å². The van der Waals surface area contributed by atoms with Crippen molar-refractivity contribution >= 4 is 0 Å². The molecule has 0 radical (unpaired) electrons. The minimum absolute atomic E-state index is 0.841. The summed E-state index contributed by atoms with van der Waals surface area (Å²) in [6.07, 6.45) is 7.95. The van der Waals surface area contributed by atoms with Gasteiger partial charge in [0.25, 0.3) is 0 Å². The lowest BCUT2D eigenvalue weighted by molar-refractivity contribution is 0.143. The Hall–Kier alpha value is -0.890. The van der Waals surface area contributed by atoms with Crippen LogP contribution in [0, 0.1) is 0 Å². The number of nitrogens with zero attached hydrogens (tertiary/aromatic N) is 1. The summed E-state index contributed by atoms with van der Waals surface area (Å²) in [5.74, 6) is 0. The molecule has 1 heterocycles. The van der Waals surface area contributed by atoms with Crippen molar-refractivity contribution < 1.29 is 4.74 Å². The summed E-state index contributed by atoms with van der Waals surface area (Å²) in [6, 6.07) is 6.11. The Morgan fingerprint density at radius 3 is 2.73 bits per heavy atom. The van der Waals surface area contributed by atoms with E-state index in [4.69, 9.17) is 4.74 Å². The molecule has 0 saturated carbocycles. The van der Waals surface area contributed by atoms with E-state index in [9.17, 15) is 0 Å². The zero-order chi connectivity index (χ0) is 10.8. The summed E-state index contributed by atoms with van der Waals surface area (Å²) in [5, 5.41) is 0. The number of rotatable bonds is 8. The molecule has 0 unspecified atom stereocenters. The van der Waals surface area contributed by atoms with E-state index < -0.39 is 0 Å². The third kappa shape index (κ3) is 6.24. The molecule has 1 aromatic heterocycles. The average molecular weight is 207 g/mol. The van der Waals surface area contributed by atoms with Crippen molar-refractivity contribution in [3.05, 3.63) is 30.1 Å². The van der Waals surface area contributed by atoms with Crippen molar-refractivity contribution in [2.45, 2.75) is 39.0 Å². The van der Waals surface area contributed by atoms with Crippen molar-refractivity contribution in [3.8, 4) is 0 Å². The molecule has 0 N–H and O–H groups in total. The fraction of sp³-hybridized carbons (Fsp3) is 0.615. The highest BCUT2D eigenvalue weighted by molar-refractivity contribution is 5.03. The predicted molar refractivity (Wildman–Crippen MR) is 62.9 cm³/mol. The predicted octanol–water partition coefficient (Wildman–Crippen LogP) is 3.22. The molecule has 2 nitrogen and oxygen atoms in total. The topological polar surface area (TPSA) is 22.1 Å². The van der Waals surface area contributed by atoms with E-state index >= 15 is 0 Å². The van der Waals surface area contributed by atoms with Gasteiger partial charge in [0.2, 0.25) is 0 Å². The standard InChI is InChI=1S/C13H21NO/c1-2-15-12-8-4-3-5-9-13-10-6-7-11-14-13/h6-7,10-11H,2-5,8-9,12H2,1H3. The first-order valence-electron chi connectivity index (χ1n) is 5.91. The second-order valence-corrected chi connectivity index (χ2v) is 3.68. The molecule has 0 amide bonds. The van der Waals surface area contributed by atoms with Crippen LogP contribution in [-0.2, 0) is 11.2 Å². The molecule has 15 heavy (non-hydrogen) atoms. The van der Waals surface area contributed by atoms with Gasteiger partial charge in [-0.15, -0.1) is 0 Å². The van der Waals surface area contributed by atoms with Gasteiger partial charge >= 0.3 is 0 Å². The Kier molecular flexibility index (Phi) is 6.84. The first-order chi connectivity index (χ1) is 7.43. The van der Waals surface area contributed by atoms with Crippen LogP contribution in [0.2, 0.25) is 0 Å². The molecule has 0 saturated heterocycles. The molecule has 1 aromatic rings. The lowest BCUT2D eigenvalue weighted by Gasteiger charge is -2.02. The molecule has 0 bridgehead atoms. The molecule has 0 fully saturated rings. The van der Waals surface area contributed by atoms with Crippen LogP contribution in [0.3, 0.4) is 0 Å². The third-order valence-electron chi connectivity index (χ3n) is 2.40. The summed E-state index contributed by atoms with van der Waals surface area (Å²) < 4.78 is 5.29. The Morgan fingerprint density at radius 1 is 1.13 bits per heavy atom. The number of pyridine rings is 1. The smallest absolute Gasteiger partial charge is 0.0465 e. The van der Waals surface area contributed by atoms with E-state index in [-0.39, 0.29) is 0 Å². The molecule has 1 rings (SSSR count). The first kappa shape index (κ1) is 12.2. The van der Waals surface area contributed by atoms with Crippen molar-refractivity contribution in [2.75, 3.05) is 13.2 Å². The quantitative estimate of drug-likeness (QED) is 0.611. The maximum Gasteiger partial charge on any atom is 0.0465 e. The van der Waals surface area contributed by atoms with Gasteiger partial charge in [-0.3, -0.25) is 4.98 Å². The molecule has 84 valence electrons. The van der Waals surface area contributed by atoms with Crippen molar-refractivity contribution in [3.63, 3.8) is 0 Å². The number of hydrogen-bond acceptors (Lipinski definition) is 2. The Bertz CT molecular complexity index is 236. The van der Waals surface area contributed by atoms with Crippen LogP contribution in [0.25, 0.3) is 0 Å². The van der Waals surface area contributed by atoms with Crippen LogP contribution in [0.15, 0.2) is 24.4 Å². The second-order valence-electron chi connectivity index (χ2n) is 3.68. The molecule has 0 atom stereocenters. The molecule has 0 aliphatic heterocycles. The lowest BCUT2D eigenvalue weighted by Crippen LogP contribution is -1.94. The van der Waals surface area contributed by atoms with Crippen molar-refractivity contribution in [2.24, 2.45) is 0 Å². The second kappa shape index (κ2) is 8.42. The number of hydrogen-bond donors (Lipinski definition) is 0.